The highest BCUT2D eigenvalue weighted by atomic mass is 32.2. The number of unbranched alkanes of at least 4 members (excludes halogenated alkanes) is 6. The summed E-state index contributed by atoms with van der Waals surface area (Å²) in [5.74, 6) is 1.00. The summed E-state index contributed by atoms with van der Waals surface area (Å²) in [6.07, 6.45) is 2.22. The Hall–Kier alpha value is -1.28. The predicted molar refractivity (Wildman–Crippen MR) is 123 cm³/mol. The molecular weight excluding hydrogens is 443 g/mol. The Kier molecular flexibility index (Phi) is 9.25. The third-order valence-electron chi connectivity index (χ3n) is 5.22. The second-order valence-electron chi connectivity index (χ2n) is 8.78. The van der Waals surface area contributed by atoms with Gasteiger partial charge in [-0.1, -0.05) is 50.3 Å². The molecule has 1 heterocycles. The second kappa shape index (κ2) is 11.0. The SMILES string of the molecule is CC(C)(C)S(=O)(=O)CCCCCCCCCSc1cc(C(F)(F)F)nc2ccccc12. The van der Waals surface area contributed by atoms with Crippen molar-refractivity contribution in [3.8, 4) is 0 Å². The number of hydrogen-bond acceptors (Lipinski definition) is 4. The predicted octanol–water partition coefficient (Wildman–Crippen LogP) is 7.29. The van der Waals surface area contributed by atoms with Crippen LogP contribution in [0.4, 0.5) is 13.2 Å². The van der Waals surface area contributed by atoms with Gasteiger partial charge in [0.05, 0.1) is 16.0 Å². The summed E-state index contributed by atoms with van der Waals surface area (Å²) in [6, 6.07) is 8.08. The van der Waals surface area contributed by atoms with Crippen molar-refractivity contribution < 1.29 is 21.6 Å². The zero-order valence-corrected chi connectivity index (χ0v) is 20.1. The molecule has 2 rings (SSSR count). The number of thioether (sulfide) groups is 1. The minimum Gasteiger partial charge on any atom is -0.243 e. The first kappa shape index (κ1) is 26.0. The van der Waals surface area contributed by atoms with E-state index in [9.17, 15) is 21.6 Å². The minimum atomic E-state index is -4.45. The van der Waals surface area contributed by atoms with Crippen LogP contribution in [0.5, 0.6) is 0 Å². The van der Waals surface area contributed by atoms with Gasteiger partial charge in [0.15, 0.2) is 9.84 Å². The number of para-hydroxylation sites is 1. The molecule has 0 spiro atoms. The topological polar surface area (TPSA) is 47.0 Å². The van der Waals surface area contributed by atoms with Gasteiger partial charge >= 0.3 is 6.18 Å². The third kappa shape index (κ3) is 7.97. The molecule has 0 aliphatic rings. The lowest BCUT2D eigenvalue weighted by atomic mass is 10.1. The van der Waals surface area contributed by atoms with Crippen LogP contribution in [0.25, 0.3) is 10.9 Å². The van der Waals surface area contributed by atoms with Gasteiger partial charge in [0.1, 0.15) is 5.69 Å². The summed E-state index contributed by atoms with van der Waals surface area (Å²) in [7, 11) is -3.03. The molecule has 0 unspecified atom stereocenters. The number of pyridine rings is 1. The number of aromatic nitrogens is 1. The highest BCUT2D eigenvalue weighted by Crippen LogP contribution is 2.35. The van der Waals surface area contributed by atoms with E-state index in [1.165, 1.54) is 11.8 Å². The molecule has 0 N–H and O–H groups in total. The van der Waals surface area contributed by atoms with Crippen LogP contribution in [0.1, 0.15) is 71.4 Å². The highest BCUT2D eigenvalue weighted by Gasteiger charge is 2.33. The molecule has 0 aliphatic heterocycles. The van der Waals surface area contributed by atoms with Gasteiger partial charge < -0.3 is 0 Å². The summed E-state index contributed by atoms with van der Waals surface area (Å²) in [5, 5.41) is 0.755. The van der Waals surface area contributed by atoms with Crippen molar-refractivity contribution in [3.05, 3.63) is 36.0 Å². The fourth-order valence-electron chi connectivity index (χ4n) is 3.17. The van der Waals surface area contributed by atoms with E-state index in [-0.39, 0.29) is 5.75 Å². The molecule has 31 heavy (non-hydrogen) atoms. The number of hydrogen-bond donors (Lipinski definition) is 0. The molecule has 0 aliphatic carbocycles. The van der Waals surface area contributed by atoms with Crippen molar-refractivity contribution in [2.45, 2.75) is 81.5 Å². The Balaban J connectivity index is 1.70. The monoisotopic (exact) mass is 475 g/mol. The molecule has 174 valence electrons. The number of halogens is 3. The van der Waals surface area contributed by atoms with Crippen LogP contribution in [0.3, 0.4) is 0 Å². The lowest BCUT2D eigenvalue weighted by Crippen LogP contribution is -2.30. The van der Waals surface area contributed by atoms with Gasteiger partial charge in [-0.15, -0.1) is 11.8 Å². The van der Waals surface area contributed by atoms with Crippen LogP contribution in [-0.4, -0.2) is 29.7 Å². The van der Waals surface area contributed by atoms with Crippen molar-refractivity contribution in [1.29, 1.82) is 0 Å². The summed E-state index contributed by atoms with van der Waals surface area (Å²) in [5.41, 5.74) is -0.476. The third-order valence-corrected chi connectivity index (χ3v) is 9.05. The fourth-order valence-corrected chi connectivity index (χ4v) is 5.46. The molecule has 0 amide bonds. The van der Waals surface area contributed by atoms with Crippen LogP contribution in [0.2, 0.25) is 0 Å². The smallest absolute Gasteiger partial charge is 0.243 e. The summed E-state index contributed by atoms with van der Waals surface area (Å²) in [6.45, 7) is 5.21. The second-order valence-corrected chi connectivity index (χ2v) is 12.8. The Morgan fingerprint density at radius 2 is 1.48 bits per heavy atom. The van der Waals surface area contributed by atoms with Crippen molar-refractivity contribution in [2.24, 2.45) is 0 Å². The van der Waals surface area contributed by atoms with E-state index in [1.54, 1.807) is 32.9 Å². The van der Waals surface area contributed by atoms with Crippen LogP contribution in [-0.2, 0) is 16.0 Å². The maximum atomic E-state index is 13.1. The highest BCUT2D eigenvalue weighted by molar-refractivity contribution is 7.99. The standard InChI is InChI=1S/C23H32F3NO2S2/c1-22(2,3)31(28,29)16-12-8-6-4-5-7-11-15-30-20-17-21(23(24,25)26)27-19-14-10-9-13-18(19)20/h9-10,13-14,17H,4-8,11-12,15-16H2,1-3H3. The van der Waals surface area contributed by atoms with Crippen molar-refractivity contribution in [3.63, 3.8) is 0 Å². The van der Waals surface area contributed by atoms with Crippen LogP contribution < -0.4 is 0 Å². The van der Waals surface area contributed by atoms with Gasteiger partial charge in [-0.3, -0.25) is 0 Å². The first-order valence-corrected chi connectivity index (χ1v) is 13.4. The zero-order chi connectivity index (χ0) is 23.1. The molecule has 1 aromatic heterocycles. The van der Waals surface area contributed by atoms with Gasteiger partial charge in [0.2, 0.25) is 0 Å². The lowest BCUT2D eigenvalue weighted by molar-refractivity contribution is -0.141. The number of benzene rings is 1. The van der Waals surface area contributed by atoms with Gasteiger partial charge in [0.25, 0.3) is 0 Å². The molecule has 2 aromatic rings. The van der Waals surface area contributed by atoms with Crippen LogP contribution in [0.15, 0.2) is 35.2 Å². The van der Waals surface area contributed by atoms with E-state index in [0.717, 1.165) is 55.7 Å². The van der Waals surface area contributed by atoms with Crippen LogP contribution in [0, 0.1) is 0 Å². The molecule has 0 bridgehead atoms. The summed E-state index contributed by atoms with van der Waals surface area (Å²) in [4.78, 5) is 4.38. The molecule has 3 nitrogen and oxygen atoms in total. The quantitative estimate of drug-likeness (QED) is 0.253. The molecule has 0 saturated heterocycles. The Bertz CT molecular complexity index is 951. The van der Waals surface area contributed by atoms with Gasteiger partial charge in [-0.2, -0.15) is 13.2 Å². The summed E-state index contributed by atoms with van der Waals surface area (Å²) < 4.78 is 62.8. The van der Waals surface area contributed by atoms with E-state index >= 15 is 0 Å². The summed E-state index contributed by atoms with van der Waals surface area (Å²) >= 11 is 1.45. The van der Waals surface area contributed by atoms with E-state index < -0.39 is 26.5 Å². The largest absolute Gasteiger partial charge is 0.433 e. The van der Waals surface area contributed by atoms with Gasteiger partial charge in [0, 0.05) is 10.3 Å². The fraction of sp³-hybridized carbons (Fsp3) is 0.609. The van der Waals surface area contributed by atoms with E-state index in [1.807, 2.05) is 12.1 Å². The van der Waals surface area contributed by atoms with E-state index in [2.05, 4.69) is 4.98 Å². The lowest BCUT2D eigenvalue weighted by Gasteiger charge is -2.18. The zero-order valence-electron chi connectivity index (χ0n) is 18.5. The Labute approximate surface area is 188 Å². The first-order valence-electron chi connectivity index (χ1n) is 10.7. The number of sulfone groups is 1. The van der Waals surface area contributed by atoms with Gasteiger partial charge in [-0.05, 0) is 51.5 Å². The normalized spacial score (nSPS) is 13.1. The van der Waals surface area contributed by atoms with Crippen molar-refractivity contribution in [1.82, 2.24) is 4.98 Å². The number of rotatable bonds is 11. The maximum Gasteiger partial charge on any atom is 0.433 e. The van der Waals surface area contributed by atoms with Crippen molar-refractivity contribution >= 4 is 32.5 Å². The van der Waals surface area contributed by atoms with E-state index in [4.69, 9.17) is 0 Å². The van der Waals surface area contributed by atoms with Gasteiger partial charge in [-0.25, -0.2) is 13.4 Å². The number of fused-ring (bicyclic) bond motifs is 1. The molecule has 8 heteroatoms. The average Bonchev–Trinajstić information content (AvgIpc) is 2.67. The number of alkyl halides is 3. The molecular formula is C23H32F3NO2S2. The molecule has 1 aromatic carbocycles. The number of nitrogens with zero attached hydrogens (tertiary/aromatic N) is 1. The average molecular weight is 476 g/mol. The molecule has 0 saturated carbocycles. The van der Waals surface area contributed by atoms with Crippen molar-refractivity contribution in [2.75, 3.05) is 11.5 Å². The Morgan fingerprint density at radius 3 is 2.10 bits per heavy atom. The maximum absolute atomic E-state index is 13.1. The minimum absolute atomic E-state index is 0.243. The Morgan fingerprint density at radius 1 is 0.903 bits per heavy atom. The molecule has 0 radical (unpaired) electrons. The van der Waals surface area contributed by atoms with E-state index in [0.29, 0.717) is 16.8 Å². The molecule has 0 atom stereocenters. The molecule has 0 fully saturated rings. The van der Waals surface area contributed by atoms with Crippen LogP contribution >= 0.6 is 11.8 Å². The first-order chi connectivity index (χ1) is 14.4.